The molecule has 1 aromatic rings. The third kappa shape index (κ3) is 2.90. The Morgan fingerprint density at radius 3 is 2.68 bits per heavy atom. The molecule has 3 nitrogen and oxygen atoms in total. The van der Waals surface area contributed by atoms with E-state index in [1.165, 1.54) is 6.07 Å². The largest absolute Gasteiger partial charge is 0.398 e. The van der Waals surface area contributed by atoms with Crippen LogP contribution in [-0.4, -0.2) is 13.7 Å². The molecule has 2 unspecified atom stereocenters. The molecule has 106 valence electrons. The van der Waals surface area contributed by atoms with Gasteiger partial charge >= 0.3 is 0 Å². The average Bonchev–Trinajstić information content (AvgIpc) is 2.41. The predicted molar refractivity (Wildman–Crippen MR) is 79.1 cm³/mol. The van der Waals surface area contributed by atoms with Gasteiger partial charge in [0.1, 0.15) is 0 Å². The number of nitrogens with two attached hydrogens (primary N) is 1. The predicted octanol–water partition coefficient (Wildman–Crippen LogP) is 3.66. The summed E-state index contributed by atoms with van der Waals surface area (Å²) < 4.78 is 25.6. The van der Waals surface area contributed by atoms with Gasteiger partial charge in [0.25, 0.3) is 0 Å². The van der Waals surface area contributed by atoms with E-state index in [4.69, 9.17) is 17.3 Å². The van der Waals surface area contributed by atoms with Crippen molar-refractivity contribution in [1.29, 1.82) is 0 Å². The average molecular weight is 302 g/mol. The second-order valence-electron chi connectivity index (χ2n) is 5.22. The van der Waals surface area contributed by atoms with Gasteiger partial charge in [0.15, 0.2) is 9.84 Å². The van der Waals surface area contributed by atoms with E-state index in [-0.39, 0.29) is 16.1 Å². The Morgan fingerprint density at radius 2 is 2.00 bits per heavy atom. The van der Waals surface area contributed by atoms with Crippen LogP contribution in [-0.2, 0) is 9.84 Å². The Hall–Kier alpha value is -0.740. The highest BCUT2D eigenvalue weighted by Gasteiger charge is 2.36. The van der Waals surface area contributed by atoms with Crippen molar-refractivity contribution < 1.29 is 8.42 Å². The molecule has 0 aliphatic heterocycles. The summed E-state index contributed by atoms with van der Waals surface area (Å²) in [6, 6.07) is 4.67. The fraction of sp³-hybridized carbons (Fsp3) is 0.571. The van der Waals surface area contributed by atoms with Gasteiger partial charge in [-0.05, 0) is 37.0 Å². The van der Waals surface area contributed by atoms with Gasteiger partial charge in [-0.1, -0.05) is 37.8 Å². The molecule has 1 aliphatic rings. The Kier molecular flexibility index (Phi) is 4.41. The summed E-state index contributed by atoms with van der Waals surface area (Å²) in [5, 5.41) is 0.101. The van der Waals surface area contributed by atoms with E-state index >= 15 is 0 Å². The molecule has 2 rings (SSSR count). The van der Waals surface area contributed by atoms with Gasteiger partial charge < -0.3 is 5.73 Å². The molecule has 1 saturated carbocycles. The van der Waals surface area contributed by atoms with Crippen LogP contribution < -0.4 is 5.73 Å². The van der Waals surface area contributed by atoms with Crippen LogP contribution in [0.3, 0.4) is 0 Å². The monoisotopic (exact) mass is 301 g/mol. The third-order valence-electron chi connectivity index (χ3n) is 4.04. The van der Waals surface area contributed by atoms with Gasteiger partial charge in [0, 0.05) is 5.02 Å². The summed E-state index contributed by atoms with van der Waals surface area (Å²) in [5.74, 6) is 0.233. The number of halogens is 1. The van der Waals surface area contributed by atoms with Crippen molar-refractivity contribution in [2.75, 3.05) is 5.73 Å². The van der Waals surface area contributed by atoms with Crippen molar-refractivity contribution in [2.45, 2.75) is 49.2 Å². The number of benzene rings is 1. The molecule has 2 atom stereocenters. The molecule has 0 bridgehead atoms. The summed E-state index contributed by atoms with van der Waals surface area (Å²) >= 11 is 5.91. The first-order valence-corrected chi connectivity index (χ1v) is 8.68. The first-order chi connectivity index (χ1) is 8.96. The number of sulfone groups is 1. The van der Waals surface area contributed by atoms with Crippen molar-refractivity contribution in [2.24, 2.45) is 5.92 Å². The minimum Gasteiger partial charge on any atom is -0.398 e. The van der Waals surface area contributed by atoms with E-state index in [1.807, 2.05) is 0 Å². The van der Waals surface area contributed by atoms with Gasteiger partial charge in [0.2, 0.25) is 0 Å². The highest BCUT2D eigenvalue weighted by atomic mass is 35.5. The fourth-order valence-corrected chi connectivity index (χ4v) is 5.53. The minimum atomic E-state index is -3.39. The van der Waals surface area contributed by atoms with Crippen LogP contribution in [0.15, 0.2) is 23.1 Å². The van der Waals surface area contributed by atoms with Crippen LogP contribution in [0.2, 0.25) is 5.02 Å². The number of hydrogen-bond acceptors (Lipinski definition) is 3. The molecule has 0 spiro atoms. The molecule has 0 heterocycles. The zero-order valence-electron chi connectivity index (χ0n) is 11.1. The quantitative estimate of drug-likeness (QED) is 0.867. The lowest BCUT2D eigenvalue weighted by Crippen LogP contribution is -2.33. The van der Waals surface area contributed by atoms with Crippen molar-refractivity contribution in [1.82, 2.24) is 0 Å². The maximum Gasteiger partial charge on any atom is 0.183 e. The van der Waals surface area contributed by atoms with Crippen LogP contribution in [0, 0.1) is 5.92 Å². The molecule has 0 amide bonds. The standard InChI is InChI=1S/C14H20ClNO2S/c1-2-10-5-3-4-6-13(10)19(17,18)14-9-11(15)7-8-12(14)16/h7-10,13H,2-6,16H2,1H3. The molecule has 1 aliphatic carbocycles. The molecule has 0 radical (unpaired) electrons. The topological polar surface area (TPSA) is 60.2 Å². The molecule has 0 aromatic heterocycles. The Morgan fingerprint density at radius 1 is 1.32 bits per heavy atom. The first kappa shape index (κ1) is 14.7. The minimum absolute atomic E-state index is 0.199. The molecule has 5 heteroatoms. The summed E-state index contributed by atoms with van der Waals surface area (Å²) in [6.45, 7) is 2.06. The summed E-state index contributed by atoms with van der Waals surface area (Å²) in [4.78, 5) is 0.199. The zero-order chi connectivity index (χ0) is 14.0. The number of nitrogen functional groups attached to an aromatic ring is 1. The fourth-order valence-electron chi connectivity index (χ4n) is 2.97. The third-order valence-corrected chi connectivity index (χ3v) is 6.66. The molecular weight excluding hydrogens is 282 g/mol. The Bertz CT molecular complexity index is 557. The Labute approximate surface area is 120 Å². The van der Waals surface area contributed by atoms with Crippen LogP contribution >= 0.6 is 11.6 Å². The lowest BCUT2D eigenvalue weighted by Gasteiger charge is -2.30. The number of anilines is 1. The van der Waals surface area contributed by atoms with E-state index in [0.29, 0.717) is 10.7 Å². The van der Waals surface area contributed by atoms with Crippen LogP contribution in [0.1, 0.15) is 39.0 Å². The molecule has 19 heavy (non-hydrogen) atoms. The first-order valence-electron chi connectivity index (χ1n) is 6.75. The second-order valence-corrected chi connectivity index (χ2v) is 7.79. The lowest BCUT2D eigenvalue weighted by atomic mass is 9.87. The van der Waals surface area contributed by atoms with E-state index in [2.05, 4.69) is 6.92 Å². The van der Waals surface area contributed by atoms with Crippen LogP contribution in [0.25, 0.3) is 0 Å². The van der Waals surface area contributed by atoms with Crippen molar-refractivity contribution in [3.05, 3.63) is 23.2 Å². The van der Waals surface area contributed by atoms with Gasteiger partial charge in [0.05, 0.1) is 15.8 Å². The van der Waals surface area contributed by atoms with Crippen LogP contribution in [0.4, 0.5) is 5.69 Å². The Balaban J connectivity index is 2.43. The number of rotatable bonds is 3. The molecule has 0 saturated heterocycles. The van der Waals surface area contributed by atoms with E-state index in [0.717, 1.165) is 32.1 Å². The van der Waals surface area contributed by atoms with Crippen LogP contribution in [0.5, 0.6) is 0 Å². The number of hydrogen-bond donors (Lipinski definition) is 1. The van der Waals surface area contributed by atoms with Crippen molar-refractivity contribution in [3.8, 4) is 0 Å². The molecular formula is C14H20ClNO2S. The van der Waals surface area contributed by atoms with Crippen molar-refractivity contribution in [3.63, 3.8) is 0 Å². The second kappa shape index (κ2) is 5.71. The highest BCUT2D eigenvalue weighted by molar-refractivity contribution is 7.92. The maximum atomic E-state index is 12.8. The highest BCUT2D eigenvalue weighted by Crippen LogP contribution is 2.37. The summed E-state index contributed by atoms with van der Waals surface area (Å²) in [7, 11) is -3.39. The van der Waals surface area contributed by atoms with E-state index in [9.17, 15) is 8.42 Å². The molecule has 1 fully saturated rings. The van der Waals surface area contributed by atoms with E-state index in [1.54, 1.807) is 12.1 Å². The van der Waals surface area contributed by atoms with Gasteiger partial charge in [-0.25, -0.2) is 8.42 Å². The zero-order valence-corrected chi connectivity index (χ0v) is 12.7. The maximum absolute atomic E-state index is 12.8. The van der Waals surface area contributed by atoms with Gasteiger partial charge in [-0.3, -0.25) is 0 Å². The summed E-state index contributed by atoms with van der Waals surface area (Å²) in [5.41, 5.74) is 6.13. The molecule has 1 aromatic carbocycles. The smallest absolute Gasteiger partial charge is 0.183 e. The van der Waals surface area contributed by atoms with Gasteiger partial charge in [-0.15, -0.1) is 0 Å². The normalized spacial score (nSPS) is 24.3. The molecule has 2 N–H and O–H groups in total. The van der Waals surface area contributed by atoms with Gasteiger partial charge in [-0.2, -0.15) is 0 Å². The van der Waals surface area contributed by atoms with Crippen molar-refractivity contribution >= 4 is 27.1 Å². The van der Waals surface area contributed by atoms with E-state index < -0.39 is 9.84 Å². The lowest BCUT2D eigenvalue weighted by molar-refractivity contribution is 0.348. The summed E-state index contributed by atoms with van der Waals surface area (Å²) in [6.07, 6.45) is 4.70. The SMILES string of the molecule is CCC1CCCCC1S(=O)(=O)c1cc(Cl)ccc1N.